The molecular weight excluding hydrogens is 1990 g/mol. The van der Waals surface area contributed by atoms with Gasteiger partial charge in [0.1, 0.15) is 45.2 Å². The van der Waals surface area contributed by atoms with Crippen LogP contribution in [0.2, 0.25) is 0 Å². The van der Waals surface area contributed by atoms with E-state index in [9.17, 15) is 86.1 Å². The third kappa shape index (κ3) is 46.6. The Morgan fingerprint density at radius 1 is 0.313 bits per heavy atom. The van der Waals surface area contributed by atoms with Crippen molar-refractivity contribution in [1.82, 2.24) is 10.8 Å². The van der Waals surface area contributed by atoms with Crippen LogP contribution in [0.5, 0.6) is 0 Å². The number of carboxylic acid groups (broad SMARTS) is 1. The van der Waals surface area contributed by atoms with Gasteiger partial charge in [0.25, 0.3) is 0 Å². The maximum atomic E-state index is 13.1. The summed E-state index contributed by atoms with van der Waals surface area (Å²) in [4.78, 5) is 165. The first kappa shape index (κ1) is 116. The number of hydrogen-bond donors (Lipinski definition) is 13. The van der Waals surface area contributed by atoms with Crippen LogP contribution in [0.4, 0.5) is 62.9 Å². The molecule has 150 heavy (non-hydrogen) atoms. The normalized spacial score (nSPS) is 12.1. The molecule has 0 aliphatic rings. The maximum Gasteiger partial charge on any atom is 0.419 e. The van der Waals surface area contributed by atoms with Gasteiger partial charge in [0.15, 0.2) is 11.1 Å². The average molecular weight is 2110 g/mol. The van der Waals surface area contributed by atoms with Gasteiger partial charge in [0, 0.05) is 59.9 Å². The number of amides is 6. The highest BCUT2D eigenvalue weighted by atomic mass is 32.2. The summed E-state index contributed by atoms with van der Waals surface area (Å²) in [5, 5.41) is 48.1. The van der Waals surface area contributed by atoms with Crippen LogP contribution in [0.3, 0.4) is 0 Å². The minimum atomic E-state index is -2.60. The summed E-state index contributed by atoms with van der Waals surface area (Å²) in [5.74, 6) is -5.04. The number of rotatable bonds is 60. The Kier molecular flexibility index (Phi) is 48.9. The van der Waals surface area contributed by atoms with Crippen molar-refractivity contribution in [3.63, 3.8) is 0 Å². The number of carbonyl (C=O) groups excluding carboxylic acids is 12. The van der Waals surface area contributed by atoms with Gasteiger partial charge in [-0.05, 0) is 215 Å². The Bertz CT molecular complexity index is 6270. The van der Waals surface area contributed by atoms with E-state index in [0.29, 0.717) is 95.6 Å². The summed E-state index contributed by atoms with van der Waals surface area (Å²) in [6.07, 6.45) is -4.15. The molecule has 10 rings (SSSR count). The predicted octanol–water partition coefficient (Wildman–Crippen LogP) is 13.9. The monoisotopic (exact) mass is 2110 g/mol. The van der Waals surface area contributed by atoms with Crippen LogP contribution >= 0.6 is 0 Å². The van der Waals surface area contributed by atoms with E-state index in [-0.39, 0.29) is 142 Å². The number of carbonyl (C=O) groups is 13. The van der Waals surface area contributed by atoms with Crippen LogP contribution in [0.15, 0.2) is 243 Å². The molecule has 0 radical (unpaired) electrons. The molecule has 0 saturated carbocycles. The second kappa shape index (κ2) is 63.1. The number of aliphatic hydroxyl groups excluding tert-OH is 2. The van der Waals surface area contributed by atoms with Gasteiger partial charge in [-0.2, -0.15) is 14.0 Å². The van der Waals surface area contributed by atoms with Crippen molar-refractivity contribution in [3.05, 3.63) is 321 Å². The van der Waals surface area contributed by atoms with E-state index in [1.807, 2.05) is 97.1 Å². The first-order valence-corrected chi connectivity index (χ1v) is 50.0. The first-order valence-electron chi connectivity index (χ1n) is 47.7. The van der Waals surface area contributed by atoms with E-state index >= 15 is 0 Å². The lowest BCUT2D eigenvalue weighted by Gasteiger charge is -2.24. The summed E-state index contributed by atoms with van der Waals surface area (Å²) >= 11 is -4.66. The minimum Gasteiger partial charge on any atom is -0.478 e. The summed E-state index contributed by atoms with van der Waals surface area (Å²) in [6, 6.07) is 70.9. The topological polar surface area (TPSA) is 573 Å². The Morgan fingerprint density at radius 3 is 1.00 bits per heavy atom. The van der Waals surface area contributed by atoms with Crippen LogP contribution in [0.1, 0.15) is 130 Å². The van der Waals surface area contributed by atoms with Gasteiger partial charge < -0.3 is 82.0 Å². The number of hydrogen-bond acceptors (Lipinski definition) is 32. The summed E-state index contributed by atoms with van der Waals surface area (Å²) in [6.45, 7) is -0.766. The number of anilines is 6. The highest BCUT2D eigenvalue weighted by Crippen LogP contribution is 2.26. The van der Waals surface area contributed by atoms with Gasteiger partial charge >= 0.3 is 89.7 Å². The number of esters is 6. The van der Waals surface area contributed by atoms with Crippen molar-refractivity contribution in [2.75, 3.05) is 124 Å². The molecule has 0 bridgehead atoms. The number of nitrogens with one attached hydrogen (secondary N) is 8. The molecule has 0 heterocycles. The molecule has 41 nitrogen and oxygen atoms in total. The van der Waals surface area contributed by atoms with E-state index in [1.165, 1.54) is 0 Å². The quantitative estimate of drug-likeness (QED) is 0.00420. The van der Waals surface area contributed by atoms with Crippen molar-refractivity contribution < 1.29 is 156 Å². The zero-order chi connectivity index (χ0) is 107. The largest absolute Gasteiger partial charge is 0.478 e. The fourth-order valence-electron chi connectivity index (χ4n) is 14.7. The molecule has 0 aliphatic heterocycles. The van der Waals surface area contributed by atoms with Crippen molar-refractivity contribution in [1.29, 1.82) is 0 Å². The smallest absolute Gasteiger partial charge is 0.419 e. The van der Waals surface area contributed by atoms with Gasteiger partial charge in [0.2, 0.25) is 5.60 Å². The van der Waals surface area contributed by atoms with Gasteiger partial charge in [0.05, 0.1) is 77.7 Å². The lowest BCUT2D eigenvalue weighted by Crippen LogP contribution is -2.46. The minimum absolute atomic E-state index is 0.000647. The number of aliphatic hydroxyl groups is 2. The molecule has 0 fully saturated rings. The Hall–Kier alpha value is -15.7. The molecule has 5 atom stereocenters. The fourth-order valence-corrected chi connectivity index (χ4v) is 15.1. The lowest BCUT2D eigenvalue weighted by molar-refractivity contribution is -0.160. The second-order valence-electron chi connectivity index (χ2n) is 34.3. The van der Waals surface area contributed by atoms with Gasteiger partial charge in [-0.1, -0.05) is 170 Å². The number of aliphatic carboxylic acids is 1. The summed E-state index contributed by atoms with van der Waals surface area (Å²) < 4.78 is 106. The van der Waals surface area contributed by atoms with Crippen molar-refractivity contribution in [2.24, 2.45) is 0 Å². The highest BCUT2D eigenvalue weighted by molar-refractivity contribution is 7.79. The molecule has 0 spiro atoms. The van der Waals surface area contributed by atoms with Crippen LogP contribution in [0, 0.1) is 0 Å². The summed E-state index contributed by atoms with van der Waals surface area (Å²) in [7, 11) is 0. The predicted molar refractivity (Wildman–Crippen MR) is 548 cm³/mol. The average Bonchev–Trinajstić information content (AvgIpc) is 0.839. The van der Waals surface area contributed by atoms with E-state index in [2.05, 4.69) is 47.0 Å². The van der Waals surface area contributed by atoms with E-state index in [0.717, 1.165) is 62.6 Å². The second-order valence-corrected chi connectivity index (χ2v) is 35.8. The van der Waals surface area contributed by atoms with Crippen LogP contribution < -0.4 is 42.7 Å². The van der Waals surface area contributed by atoms with Crippen LogP contribution in [-0.4, -0.2) is 221 Å². The van der Waals surface area contributed by atoms with Crippen LogP contribution in [-0.2, 0) is 175 Å². The molecular formula is C107H118N8O33S2. The number of carboxylic acids is 1. The van der Waals surface area contributed by atoms with Gasteiger partial charge in [-0.15, -0.1) is 0 Å². The molecule has 13 N–H and O–H groups in total. The molecule has 6 amide bonds. The Morgan fingerprint density at radius 2 is 0.613 bits per heavy atom. The Labute approximate surface area is 868 Å². The third-order valence-corrected chi connectivity index (χ3v) is 22.3. The van der Waals surface area contributed by atoms with Crippen LogP contribution in [0.25, 0.3) is 0 Å². The van der Waals surface area contributed by atoms with Gasteiger partial charge in [-0.25, -0.2) is 37.8 Å². The van der Waals surface area contributed by atoms with E-state index in [1.54, 1.807) is 146 Å². The molecule has 0 aromatic heterocycles. The summed E-state index contributed by atoms with van der Waals surface area (Å²) in [5.41, 5.74) is 13.1. The van der Waals surface area contributed by atoms with E-state index < -0.39 is 132 Å². The zero-order valence-corrected chi connectivity index (χ0v) is 83.6. The SMILES string of the molecule is CC(COC(=O)Nc1cccc(Cc2cccc(CC(=O)OCCCCOC(=O)Nc3cccc(Cc4cccc(NC(=O)OCCOCCOC(=O)CCCCC(=O)OC(=O)Nc5cccc(Cc6cccc(CC(=O)OCCCOC(=O)Cc7cccc(Cc8cccc(CC(=O)OCC(O)CNCS(=O)O)c8)c7)c6)c5)c4)c3)c2)c1)(OC(=O)Nc1cccc(Cc2cccc(NC(=O)OCC(O)CNOS(=O)O)c2)c1)C(=O)O. The maximum absolute atomic E-state index is 13.1. The standard InChI is InChI=1S/C107H118N8O33S2/c1-107(100(124)125,147-106(131)115-91-36-15-30-81(61-91)55-80-29-13-33-88(59-80)112-103(128)144-69-93(117)67-109-148-150(134)135)70-145-104(129)113-89-34-10-25-76(56-89)48-74-19-8-22-83(52-74)62-96(120)137-39-4-5-40-141-101(126)110-86-31-11-27-78(57-86)54-79-28-12-32-87(58-79)111-102(127)142-46-44-136-43-45-140-94(118)37-2-3-38-95(119)146-105(130)114-90-35-14-26-77(60-90)49-75-20-9-23-84(53-75)64-98(122)139-42-16-41-138-97(121)63-82-21-6-17-72(50-82)47-73-18-7-24-85(51-73)65-99(123)143-68-92(116)66-108-71-149(132)133/h6-15,17-36,50-53,56-61,92-93,108-109,116-117H,2-5,16,37-49,54-55,62-71H2,1H3,(H,110,126)(H,111,127)(H,112,128)(H,113,129)(H,114,130)(H,115,131)(H,124,125)(H,132,133)(H,134,135). The fraction of sp³-hybridized carbons (Fsp3) is 0.318. The van der Waals surface area contributed by atoms with Crippen molar-refractivity contribution in [3.8, 4) is 0 Å². The van der Waals surface area contributed by atoms with Crippen molar-refractivity contribution in [2.45, 2.75) is 127 Å². The number of unbranched alkanes of at least 4 members (excludes halogenated alkanes) is 2. The molecule has 0 saturated heterocycles. The number of ether oxygens (including phenoxy) is 12. The first-order chi connectivity index (χ1) is 72.3. The Balaban J connectivity index is 0.512. The zero-order valence-electron chi connectivity index (χ0n) is 81.9. The van der Waals surface area contributed by atoms with Crippen molar-refractivity contribution >= 4 is 135 Å². The van der Waals surface area contributed by atoms with E-state index in [4.69, 9.17) is 65.9 Å². The lowest BCUT2D eigenvalue weighted by atomic mass is 9.99. The molecule has 10 aromatic carbocycles. The number of benzene rings is 10. The molecule has 10 aromatic rings. The third-order valence-electron chi connectivity index (χ3n) is 21.6. The molecule has 43 heteroatoms. The highest BCUT2D eigenvalue weighted by Gasteiger charge is 2.40. The molecule has 5 unspecified atom stereocenters. The van der Waals surface area contributed by atoms with Gasteiger partial charge in [-0.3, -0.25) is 65.2 Å². The molecule has 796 valence electrons. The number of hydroxylamine groups is 1. The molecule has 0 aliphatic carbocycles.